The molecule has 0 saturated carbocycles. The Bertz CT molecular complexity index is 282. The van der Waals surface area contributed by atoms with Gasteiger partial charge in [0.15, 0.2) is 0 Å². The third kappa shape index (κ3) is 1.75. The minimum atomic E-state index is 0.229. The molecule has 0 aromatic carbocycles. The highest BCUT2D eigenvalue weighted by atomic mass is 16.5. The summed E-state index contributed by atoms with van der Waals surface area (Å²) in [5.74, 6) is 0.647. The standard InChI is InChI=1S/C10H15N2O/c1-8-4-6-13-10(7-8)9-3-5-11-12(9)2/h3-5,8,10H,6-7H2,1-2H3. The molecule has 1 aliphatic rings. The monoisotopic (exact) mass is 179 g/mol. The van der Waals surface area contributed by atoms with Crippen LogP contribution in [0.15, 0.2) is 12.3 Å². The lowest BCUT2D eigenvalue weighted by Gasteiger charge is -2.26. The van der Waals surface area contributed by atoms with E-state index in [0.717, 1.165) is 13.0 Å². The summed E-state index contributed by atoms with van der Waals surface area (Å²) in [5.41, 5.74) is 1.18. The third-order valence-corrected chi connectivity index (χ3v) is 2.57. The van der Waals surface area contributed by atoms with Crippen molar-refractivity contribution in [1.82, 2.24) is 9.78 Å². The lowest BCUT2D eigenvalue weighted by Crippen LogP contribution is -2.20. The molecule has 3 nitrogen and oxygen atoms in total. The van der Waals surface area contributed by atoms with Gasteiger partial charge in [0.2, 0.25) is 0 Å². The van der Waals surface area contributed by atoms with Crippen LogP contribution < -0.4 is 0 Å². The Morgan fingerprint density at radius 3 is 3.08 bits per heavy atom. The molecule has 71 valence electrons. The van der Waals surface area contributed by atoms with Crippen molar-refractivity contribution in [3.05, 3.63) is 24.4 Å². The van der Waals surface area contributed by atoms with Gasteiger partial charge in [0.25, 0.3) is 0 Å². The molecule has 1 aromatic rings. The summed E-state index contributed by atoms with van der Waals surface area (Å²) >= 11 is 0. The summed E-state index contributed by atoms with van der Waals surface area (Å²) in [5, 5.41) is 4.14. The number of aryl methyl sites for hydroxylation is 1. The smallest absolute Gasteiger partial charge is 0.0994 e. The van der Waals surface area contributed by atoms with Crippen molar-refractivity contribution < 1.29 is 4.74 Å². The van der Waals surface area contributed by atoms with E-state index in [4.69, 9.17) is 4.74 Å². The molecule has 13 heavy (non-hydrogen) atoms. The summed E-state index contributed by atoms with van der Waals surface area (Å²) in [6.45, 7) is 2.99. The van der Waals surface area contributed by atoms with E-state index >= 15 is 0 Å². The Hall–Kier alpha value is -0.830. The minimum absolute atomic E-state index is 0.229. The average Bonchev–Trinajstić information content (AvgIpc) is 2.51. The molecule has 0 N–H and O–H groups in total. The molecule has 2 atom stereocenters. The second-order valence-corrected chi connectivity index (χ2v) is 3.65. The maximum atomic E-state index is 5.66. The maximum absolute atomic E-state index is 5.66. The first-order valence-electron chi connectivity index (χ1n) is 4.70. The van der Waals surface area contributed by atoms with Crippen molar-refractivity contribution >= 4 is 0 Å². The Morgan fingerprint density at radius 1 is 1.62 bits per heavy atom. The molecular formula is C10H15N2O. The Morgan fingerprint density at radius 2 is 2.46 bits per heavy atom. The number of ether oxygens (including phenoxy) is 1. The first-order valence-corrected chi connectivity index (χ1v) is 4.70. The zero-order chi connectivity index (χ0) is 9.26. The molecule has 1 aliphatic heterocycles. The molecule has 0 spiro atoms. The Labute approximate surface area is 78.7 Å². The minimum Gasteiger partial charge on any atom is -0.372 e. The topological polar surface area (TPSA) is 27.1 Å². The van der Waals surface area contributed by atoms with E-state index in [0.29, 0.717) is 5.92 Å². The van der Waals surface area contributed by atoms with Crippen LogP contribution in [0, 0.1) is 12.3 Å². The molecule has 2 rings (SSSR count). The predicted octanol–water partition coefficient (Wildman–Crippen LogP) is 1.72. The molecule has 2 heterocycles. The van der Waals surface area contributed by atoms with E-state index in [1.54, 1.807) is 0 Å². The Kier molecular flexibility index (Phi) is 2.36. The summed E-state index contributed by atoms with van der Waals surface area (Å²) in [4.78, 5) is 0. The molecule has 0 amide bonds. The molecule has 1 saturated heterocycles. The highest BCUT2D eigenvalue weighted by Crippen LogP contribution is 2.30. The summed E-state index contributed by atoms with van der Waals surface area (Å²) in [7, 11) is 1.96. The first-order chi connectivity index (χ1) is 6.27. The van der Waals surface area contributed by atoms with Gasteiger partial charge in [-0.1, -0.05) is 6.92 Å². The zero-order valence-corrected chi connectivity index (χ0v) is 8.10. The van der Waals surface area contributed by atoms with Gasteiger partial charge in [-0.3, -0.25) is 4.68 Å². The van der Waals surface area contributed by atoms with Crippen LogP contribution in [0.2, 0.25) is 0 Å². The van der Waals surface area contributed by atoms with Crippen molar-refractivity contribution in [1.29, 1.82) is 0 Å². The van der Waals surface area contributed by atoms with Crippen LogP contribution in [-0.4, -0.2) is 16.4 Å². The fourth-order valence-electron chi connectivity index (χ4n) is 1.74. The fourth-order valence-corrected chi connectivity index (χ4v) is 1.74. The second kappa shape index (κ2) is 3.50. The van der Waals surface area contributed by atoms with E-state index < -0.39 is 0 Å². The molecule has 0 bridgehead atoms. The fraction of sp³-hybridized carbons (Fsp3) is 0.600. The van der Waals surface area contributed by atoms with Gasteiger partial charge >= 0.3 is 0 Å². The van der Waals surface area contributed by atoms with Crippen LogP contribution in [0.1, 0.15) is 25.1 Å². The van der Waals surface area contributed by atoms with Gasteiger partial charge in [0.1, 0.15) is 0 Å². The quantitative estimate of drug-likeness (QED) is 0.656. The van der Waals surface area contributed by atoms with Gasteiger partial charge in [-0.2, -0.15) is 5.10 Å². The lowest BCUT2D eigenvalue weighted by molar-refractivity contribution is 0.0174. The van der Waals surface area contributed by atoms with Gasteiger partial charge in [0.05, 0.1) is 18.4 Å². The average molecular weight is 179 g/mol. The van der Waals surface area contributed by atoms with Crippen LogP contribution in [0.5, 0.6) is 0 Å². The summed E-state index contributed by atoms with van der Waals surface area (Å²) in [6.07, 6.45) is 5.33. The van der Waals surface area contributed by atoms with Gasteiger partial charge in [-0.05, 0) is 24.8 Å². The normalized spacial score (nSPS) is 29.1. The van der Waals surface area contributed by atoms with Crippen LogP contribution in [0.3, 0.4) is 0 Å². The predicted molar refractivity (Wildman–Crippen MR) is 50.0 cm³/mol. The van der Waals surface area contributed by atoms with Crippen LogP contribution in [0.25, 0.3) is 0 Å². The number of aromatic nitrogens is 2. The first kappa shape index (κ1) is 8.75. The van der Waals surface area contributed by atoms with Gasteiger partial charge in [-0.15, -0.1) is 0 Å². The summed E-state index contributed by atoms with van der Waals surface area (Å²) < 4.78 is 7.55. The largest absolute Gasteiger partial charge is 0.372 e. The van der Waals surface area contributed by atoms with E-state index in [-0.39, 0.29) is 6.10 Å². The number of hydrogen-bond donors (Lipinski definition) is 0. The van der Waals surface area contributed by atoms with Crippen molar-refractivity contribution in [2.24, 2.45) is 13.0 Å². The molecule has 1 aromatic heterocycles. The Balaban J connectivity index is 2.12. The zero-order valence-electron chi connectivity index (χ0n) is 8.10. The molecule has 3 heteroatoms. The van der Waals surface area contributed by atoms with Crippen LogP contribution in [0.4, 0.5) is 0 Å². The van der Waals surface area contributed by atoms with E-state index in [1.807, 2.05) is 24.0 Å². The van der Waals surface area contributed by atoms with Gasteiger partial charge in [-0.25, -0.2) is 0 Å². The van der Waals surface area contributed by atoms with Crippen molar-refractivity contribution in [2.45, 2.75) is 19.4 Å². The highest BCUT2D eigenvalue weighted by molar-refractivity contribution is 5.06. The van der Waals surface area contributed by atoms with E-state index in [2.05, 4.69) is 18.4 Å². The van der Waals surface area contributed by atoms with Gasteiger partial charge < -0.3 is 4.74 Å². The lowest BCUT2D eigenvalue weighted by atomic mass is 9.96. The molecule has 2 unspecified atom stereocenters. The molecule has 0 aliphatic carbocycles. The van der Waals surface area contributed by atoms with Crippen LogP contribution in [-0.2, 0) is 11.8 Å². The molecule has 1 radical (unpaired) electrons. The second-order valence-electron chi connectivity index (χ2n) is 3.65. The molecule has 1 fully saturated rings. The number of hydrogen-bond acceptors (Lipinski definition) is 2. The SMILES string of the molecule is CC1[CH]COC(c2ccnn2C)C1. The number of nitrogens with zero attached hydrogens (tertiary/aromatic N) is 2. The van der Waals surface area contributed by atoms with Crippen molar-refractivity contribution in [3.63, 3.8) is 0 Å². The van der Waals surface area contributed by atoms with Crippen molar-refractivity contribution in [2.75, 3.05) is 6.61 Å². The summed E-state index contributed by atoms with van der Waals surface area (Å²) in [6, 6.07) is 2.03. The van der Waals surface area contributed by atoms with Gasteiger partial charge in [0, 0.05) is 13.2 Å². The van der Waals surface area contributed by atoms with Crippen LogP contribution >= 0.6 is 0 Å². The third-order valence-electron chi connectivity index (χ3n) is 2.57. The molecular weight excluding hydrogens is 164 g/mol. The van der Waals surface area contributed by atoms with E-state index in [1.165, 1.54) is 5.69 Å². The highest BCUT2D eigenvalue weighted by Gasteiger charge is 2.22. The van der Waals surface area contributed by atoms with Crippen molar-refractivity contribution in [3.8, 4) is 0 Å². The maximum Gasteiger partial charge on any atom is 0.0994 e. The van der Waals surface area contributed by atoms with E-state index in [9.17, 15) is 0 Å². The number of rotatable bonds is 1.